The van der Waals surface area contributed by atoms with Gasteiger partial charge in [-0.3, -0.25) is 0 Å². The molecule has 0 fully saturated rings. The van der Waals surface area contributed by atoms with E-state index in [0.717, 1.165) is 12.1 Å². The second-order valence-electron chi connectivity index (χ2n) is 4.62. The molecule has 4 heteroatoms. The smallest absolute Gasteiger partial charge is 0.145 e. The molecule has 0 aromatic heterocycles. The first-order valence-electron chi connectivity index (χ1n) is 6.51. The lowest BCUT2D eigenvalue weighted by Crippen LogP contribution is -2.17. The molecule has 0 saturated heterocycles. The van der Waals surface area contributed by atoms with E-state index in [9.17, 15) is 8.78 Å². The molecule has 106 valence electrons. The number of hydrogen-bond acceptors (Lipinski definition) is 1. The number of benzene rings is 2. The van der Waals surface area contributed by atoms with E-state index in [1.807, 2.05) is 13.8 Å². The maximum atomic E-state index is 14.1. The molecule has 2 rings (SSSR count). The lowest BCUT2D eigenvalue weighted by Gasteiger charge is -2.15. The predicted octanol–water partition coefficient (Wildman–Crippen LogP) is 5.06. The van der Waals surface area contributed by atoms with Gasteiger partial charge in [0.15, 0.2) is 0 Å². The SMILES string of the molecule is CCNC(C)c1ccc(F)c(-c2cccc(Br)c2F)c1. The van der Waals surface area contributed by atoms with Crippen molar-refractivity contribution in [2.24, 2.45) is 0 Å². The van der Waals surface area contributed by atoms with Gasteiger partial charge in [0, 0.05) is 17.2 Å². The highest BCUT2D eigenvalue weighted by Crippen LogP contribution is 2.31. The van der Waals surface area contributed by atoms with Gasteiger partial charge in [-0.2, -0.15) is 0 Å². The fourth-order valence-corrected chi connectivity index (χ4v) is 2.52. The third-order valence-electron chi connectivity index (χ3n) is 3.24. The van der Waals surface area contributed by atoms with E-state index in [1.54, 1.807) is 30.3 Å². The molecule has 1 N–H and O–H groups in total. The van der Waals surface area contributed by atoms with Crippen LogP contribution in [0.15, 0.2) is 40.9 Å². The highest BCUT2D eigenvalue weighted by Gasteiger charge is 2.14. The van der Waals surface area contributed by atoms with Crippen LogP contribution in [-0.4, -0.2) is 6.54 Å². The minimum Gasteiger partial charge on any atom is -0.310 e. The van der Waals surface area contributed by atoms with E-state index in [-0.39, 0.29) is 17.2 Å². The van der Waals surface area contributed by atoms with Crippen LogP contribution in [0.25, 0.3) is 11.1 Å². The van der Waals surface area contributed by atoms with Crippen LogP contribution in [0, 0.1) is 11.6 Å². The molecule has 2 aromatic carbocycles. The van der Waals surface area contributed by atoms with Crippen LogP contribution >= 0.6 is 15.9 Å². The van der Waals surface area contributed by atoms with Crippen LogP contribution in [0.5, 0.6) is 0 Å². The molecule has 1 atom stereocenters. The summed E-state index contributed by atoms with van der Waals surface area (Å²) < 4.78 is 28.5. The normalized spacial score (nSPS) is 12.4. The van der Waals surface area contributed by atoms with Crippen molar-refractivity contribution in [2.75, 3.05) is 6.54 Å². The molecule has 0 saturated carbocycles. The molecule has 0 aliphatic carbocycles. The summed E-state index contributed by atoms with van der Waals surface area (Å²) in [5.74, 6) is -0.867. The van der Waals surface area contributed by atoms with Crippen molar-refractivity contribution in [1.82, 2.24) is 5.32 Å². The molecule has 0 bridgehead atoms. The quantitative estimate of drug-likeness (QED) is 0.820. The molecule has 0 amide bonds. The molecule has 1 nitrogen and oxygen atoms in total. The first kappa shape index (κ1) is 15.1. The van der Waals surface area contributed by atoms with Crippen molar-refractivity contribution in [1.29, 1.82) is 0 Å². The molecule has 0 aliphatic rings. The summed E-state index contributed by atoms with van der Waals surface area (Å²) >= 11 is 3.13. The Hall–Kier alpha value is -1.26. The van der Waals surface area contributed by atoms with Crippen molar-refractivity contribution in [3.8, 4) is 11.1 Å². The number of nitrogens with one attached hydrogen (secondary N) is 1. The zero-order valence-electron chi connectivity index (χ0n) is 11.4. The fourth-order valence-electron chi connectivity index (χ4n) is 2.15. The van der Waals surface area contributed by atoms with Gasteiger partial charge in [-0.05, 0) is 53.2 Å². The van der Waals surface area contributed by atoms with E-state index < -0.39 is 11.6 Å². The Morgan fingerprint density at radius 1 is 1.15 bits per heavy atom. The predicted molar refractivity (Wildman–Crippen MR) is 81.6 cm³/mol. The number of halogens is 3. The van der Waals surface area contributed by atoms with Gasteiger partial charge < -0.3 is 5.32 Å². The number of rotatable bonds is 4. The zero-order valence-corrected chi connectivity index (χ0v) is 13.0. The summed E-state index contributed by atoms with van der Waals surface area (Å²) in [6, 6.07) is 9.79. The third-order valence-corrected chi connectivity index (χ3v) is 3.85. The Labute approximate surface area is 126 Å². The minimum atomic E-state index is -0.445. The van der Waals surface area contributed by atoms with Gasteiger partial charge in [0.1, 0.15) is 11.6 Å². The summed E-state index contributed by atoms with van der Waals surface area (Å²) in [6.07, 6.45) is 0. The first-order chi connectivity index (χ1) is 9.54. The van der Waals surface area contributed by atoms with Gasteiger partial charge in [-0.1, -0.05) is 25.1 Å². The van der Waals surface area contributed by atoms with E-state index in [0.29, 0.717) is 4.47 Å². The molecular formula is C16H16BrF2N. The van der Waals surface area contributed by atoms with Crippen LogP contribution in [-0.2, 0) is 0 Å². The fraction of sp³-hybridized carbons (Fsp3) is 0.250. The topological polar surface area (TPSA) is 12.0 Å². The van der Waals surface area contributed by atoms with Crippen LogP contribution in [0.2, 0.25) is 0 Å². The minimum absolute atomic E-state index is 0.0922. The molecule has 2 aromatic rings. The van der Waals surface area contributed by atoms with Gasteiger partial charge in [0.2, 0.25) is 0 Å². The standard InChI is InChI=1S/C16H16BrF2N/c1-3-20-10(2)11-7-8-15(18)13(9-11)12-5-4-6-14(17)16(12)19/h4-10,20H,3H2,1-2H3. The molecule has 0 aliphatic heterocycles. The van der Waals surface area contributed by atoms with Gasteiger partial charge in [-0.25, -0.2) is 8.78 Å². The van der Waals surface area contributed by atoms with E-state index in [4.69, 9.17) is 0 Å². The lowest BCUT2D eigenvalue weighted by molar-refractivity contribution is 0.590. The molecule has 0 heterocycles. The lowest BCUT2D eigenvalue weighted by atomic mass is 9.99. The van der Waals surface area contributed by atoms with Gasteiger partial charge in [0.25, 0.3) is 0 Å². The third kappa shape index (κ3) is 3.07. The van der Waals surface area contributed by atoms with Crippen molar-refractivity contribution >= 4 is 15.9 Å². The largest absolute Gasteiger partial charge is 0.310 e. The monoisotopic (exact) mass is 339 g/mol. The Balaban J connectivity index is 2.50. The van der Waals surface area contributed by atoms with Gasteiger partial charge in [0.05, 0.1) is 4.47 Å². The summed E-state index contributed by atoms with van der Waals surface area (Å²) in [4.78, 5) is 0. The van der Waals surface area contributed by atoms with E-state index in [1.165, 1.54) is 6.07 Å². The second-order valence-corrected chi connectivity index (χ2v) is 5.47. The van der Waals surface area contributed by atoms with Crippen molar-refractivity contribution in [2.45, 2.75) is 19.9 Å². The number of hydrogen-bond donors (Lipinski definition) is 1. The van der Waals surface area contributed by atoms with E-state index >= 15 is 0 Å². The summed E-state index contributed by atoms with van der Waals surface area (Å²) in [5.41, 5.74) is 1.48. The highest BCUT2D eigenvalue weighted by molar-refractivity contribution is 9.10. The second kappa shape index (κ2) is 6.46. The van der Waals surface area contributed by atoms with Gasteiger partial charge in [-0.15, -0.1) is 0 Å². The van der Waals surface area contributed by atoms with E-state index in [2.05, 4.69) is 21.2 Å². The summed E-state index contributed by atoms with van der Waals surface area (Å²) in [6.45, 7) is 4.83. The summed E-state index contributed by atoms with van der Waals surface area (Å²) in [7, 11) is 0. The average Bonchev–Trinajstić information content (AvgIpc) is 2.43. The Kier molecular flexibility index (Phi) is 4.89. The van der Waals surface area contributed by atoms with Crippen molar-refractivity contribution in [3.63, 3.8) is 0 Å². The van der Waals surface area contributed by atoms with Crippen LogP contribution < -0.4 is 5.32 Å². The Morgan fingerprint density at radius 2 is 1.90 bits per heavy atom. The van der Waals surface area contributed by atoms with Crippen LogP contribution in [0.3, 0.4) is 0 Å². The van der Waals surface area contributed by atoms with Gasteiger partial charge >= 0.3 is 0 Å². The molecule has 0 spiro atoms. The average molecular weight is 340 g/mol. The highest BCUT2D eigenvalue weighted by atomic mass is 79.9. The first-order valence-corrected chi connectivity index (χ1v) is 7.31. The Bertz CT molecular complexity index is 613. The Morgan fingerprint density at radius 3 is 2.60 bits per heavy atom. The summed E-state index contributed by atoms with van der Waals surface area (Å²) in [5, 5.41) is 3.26. The van der Waals surface area contributed by atoms with Crippen molar-refractivity contribution < 1.29 is 8.78 Å². The maximum Gasteiger partial charge on any atom is 0.145 e. The molecule has 20 heavy (non-hydrogen) atoms. The zero-order chi connectivity index (χ0) is 14.7. The van der Waals surface area contributed by atoms with Crippen LogP contribution in [0.4, 0.5) is 8.78 Å². The van der Waals surface area contributed by atoms with Crippen LogP contribution in [0.1, 0.15) is 25.5 Å². The molecule has 1 unspecified atom stereocenters. The molecule has 0 radical (unpaired) electrons. The molecular weight excluding hydrogens is 324 g/mol. The maximum absolute atomic E-state index is 14.1. The van der Waals surface area contributed by atoms with Crippen molar-refractivity contribution in [3.05, 3.63) is 58.1 Å².